The Kier molecular flexibility index (Phi) is 3.62. The molecule has 0 bridgehead atoms. The number of H-pyrrole nitrogens is 1. The molecule has 2 aromatic rings. The van der Waals surface area contributed by atoms with E-state index in [1.807, 2.05) is 0 Å². The second kappa shape index (κ2) is 5.76. The van der Waals surface area contributed by atoms with E-state index in [4.69, 9.17) is 4.74 Å². The Bertz CT molecular complexity index is 673. The minimum atomic E-state index is 0.176. The van der Waals surface area contributed by atoms with Crippen LogP contribution in [0.1, 0.15) is 30.7 Å². The summed E-state index contributed by atoms with van der Waals surface area (Å²) in [6.45, 7) is 3.21. The Hall–Kier alpha value is -1.81. The first kappa shape index (κ1) is 13.8. The van der Waals surface area contributed by atoms with Crippen LogP contribution in [0, 0.1) is 5.92 Å². The van der Waals surface area contributed by atoms with E-state index in [1.54, 1.807) is 0 Å². The number of amides is 1. The monoisotopic (exact) mass is 298 g/mol. The van der Waals surface area contributed by atoms with Crippen molar-refractivity contribution in [2.45, 2.75) is 25.2 Å². The maximum Gasteiger partial charge on any atom is 0.225 e. The van der Waals surface area contributed by atoms with Crippen LogP contribution in [-0.4, -0.2) is 42.1 Å². The molecular formula is C18H22N2O2. The normalized spacial score (nSPS) is 23.3. The summed E-state index contributed by atoms with van der Waals surface area (Å²) in [4.78, 5) is 18.1. The lowest BCUT2D eigenvalue weighted by atomic mass is 9.97. The molecule has 2 aliphatic heterocycles. The van der Waals surface area contributed by atoms with E-state index in [2.05, 4.69) is 40.3 Å². The number of carbonyl (C=O) groups is 1. The SMILES string of the molecule is O=C(C1CCOCC1)N1CCC(c2c[nH]c3ccccc23)C1. The van der Waals surface area contributed by atoms with Crippen LogP contribution in [0.3, 0.4) is 0 Å². The van der Waals surface area contributed by atoms with Crippen LogP contribution in [0.15, 0.2) is 30.5 Å². The molecule has 4 nitrogen and oxygen atoms in total. The summed E-state index contributed by atoms with van der Waals surface area (Å²) in [7, 11) is 0. The van der Waals surface area contributed by atoms with Crippen LogP contribution in [-0.2, 0) is 9.53 Å². The van der Waals surface area contributed by atoms with Gasteiger partial charge in [0.2, 0.25) is 5.91 Å². The van der Waals surface area contributed by atoms with Gasteiger partial charge in [-0.05, 0) is 30.9 Å². The molecule has 22 heavy (non-hydrogen) atoms. The van der Waals surface area contributed by atoms with E-state index in [0.717, 1.165) is 45.6 Å². The molecule has 1 atom stereocenters. The molecule has 0 aliphatic carbocycles. The van der Waals surface area contributed by atoms with Gasteiger partial charge in [0.05, 0.1) is 0 Å². The van der Waals surface area contributed by atoms with Crippen molar-refractivity contribution in [1.82, 2.24) is 9.88 Å². The summed E-state index contributed by atoms with van der Waals surface area (Å²) >= 11 is 0. The number of nitrogens with zero attached hydrogens (tertiary/aromatic N) is 1. The predicted octanol–water partition coefficient (Wildman–Crippen LogP) is 2.91. The summed E-state index contributed by atoms with van der Waals surface area (Å²) in [5, 5.41) is 1.30. The first-order chi connectivity index (χ1) is 10.8. The standard InChI is InChI=1S/C18H22N2O2/c21-18(13-6-9-22-10-7-13)20-8-5-14(12-20)16-11-19-17-4-2-1-3-15(16)17/h1-4,11,13-14,19H,5-10,12H2. The maximum absolute atomic E-state index is 12.6. The number of aromatic nitrogens is 1. The second-order valence-corrected chi connectivity index (χ2v) is 6.45. The zero-order valence-electron chi connectivity index (χ0n) is 12.8. The van der Waals surface area contributed by atoms with Crippen LogP contribution in [0.2, 0.25) is 0 Å². The third-order valence-electron chi connectivity index (χ3n) is 5.13. The average Bonchev–Trinajstić information content (AvgIpc) is 3.21. The number of benzene rings is 1. The minimum Gasteiger partial charge on any atom is -0.381 e. The van der Waals surface area contributed by atoms with Crippen LogP contribution in [0.5, 0.6) is 0 Å². The van der Waals surface area contributed by atoms with Crippen molar-refractivity contribution >= 4 is 16.8 Å². The number of aromatic amines is 1. The lowest BCUT2D eigenvalue weighted by molar-refractivity contribution is -0.137. The van der Waals surface area contributed by atoms with Crippen LogP contribution >= 0.6 is 0 Å². The van der Waals surface area contributed by atoms with Crippen molar-refractivity contribution in [2.24, 2.45) is 5.92 Å². The Morgan fingerprint density at radius 1 is 1.18 bits per heavy atom. The lowest BCUT2D eigenvalue weighted by Crippen LogP contribution is -2.36. The third kappa shape index (κ3) is 2.41. The van der Waals surface area contributed by atoms with Gasteiger partial charge in [0.25, 0.3) is 0 Å². The van der Waals surface area contributed by atoms with Crippen LogP contribution < -0.4 is 0 Å². The molecule has 1 N–H and O–H groups in total. The molecular weight excluding hydrogens is 276 g/mol. The van der Waals surface area contributed by atoms with E-state index < -0.39 is 0 Å². The fraction of sp³-hybridized carbons (Fsp3) is 0.500. The van der Waals surface area contributed by atoms with Crippen molar-refractivity contribution in [3.8, 4) is 0 Å². The third-order valence-corrected chi connectivity index (χ3v) is 5.13. The highest BCUT2D eigenvalue weighted by atomic mass is 16.5. The molecule has 2 aliphatic rings. The van der Waals surface area contributed by atoms with Gasteiger partial charge < -0.3 is 14.6 Å². The van der Waals surface area contributed by atoms with E-state index in [-0.39, 0.29) is 5.92 Å². The van der Waals surface area contributed by atoms with Gasteiger partial charge in [-0.2, -0.15) is 0 Å². The zero-order valence-corrected chi connectivity index (χ0v) is 12.8. The molecule has 1 unspecified atom stereocenters. The van der Waals surface area contributed by atoms with Crippen molar-refractivity contribution in [3.63, 3.8) is 0 Å². The number of likely N-dealkylation sites (tertiary alicyclic amines) is 1. The number of fused-ring (bicyclic) bond motifs is 1. The van der Waals surface area contributed by atoms with Crippen molar-refractivity contribution < 1.29 is 9.53 Å². The van der Waals surface area contributed by atoms with Gasteiger partial charge in [0.15, 0.2) is 0 Å². The van der Waals surface area contributed by atoms with Crippen LogP contribution in [0.25, 0.3) is 10.9 Å². The van der Waals surface area contributed by atoms with Gasteiger partial charge in [-0.15, -0.1) is 0 Å². The van der Waals surface area contributed by atoms with E-state index in [1.165, 1.54) is 16.5 Å². The number of hydrogen-bond acceptors (Lipinski definition) is 2. The summed E-state index contributed by atoms with van der Waals surface area (Å²) in [6, 6.07) is 8.42. The summed E-state index contributed by atoms with van der Waals surface area (Å²) in [5.41, 5.74) is 2.55. The number of carbonyl (C=O) groups excluding carboxylic acids is 1. The lowest BCUT2D eigenvalue weighted by Gasteiger charge is -2.26. The van der Waals surface area contributed by atoms with Crippen molar-refractivity contribution in [2.75, 3.05) is 26.3 Å². The summed E-state index contributed by atoms with van der Waals surface area (Å²) in [5.74, 6) is 0.973. The topological polar surface area (TPSA) is 45.3 Å². The van der Waals surface area contributed by atoms with Gasteiger partial charge in [-0.1, -0.05) is 18.2 Å². The fourth-order valence-electron chi connectivity index (χ4n) is 3.85. The van der Waals surface area contributed by atoms with Crippen molar-refractivity contribution in [1.29, 1.82) is 0 Å². The van der Waals surface area contributed by atoms with Crippen molar-refractivity contribution in [3.05, 3.63) is 36.0 Å². The largest absolute Gasteiger partial charge is 0.381 e. The average molecular weight is 298 g/mol. The molecule has 1 aromatic heterocycles. The Balaban J connectivity index is 1.49. The van der Waals surface area contributed by atoms with Gasteiger partial charge >= 0.3 is 0 Å². The highest BCUT2D eigenvalue weighted by Gasteiger charge is 2.33. The molecule has 4 rings (SSSR count). The Morgan fingerprint density at radius 3 is 2.86 bits per heavy atom. The quantitative estimate of drug-likeness (QED) is 0.926. The fourth-order valence-corrected chi connectivity index (χ4v) is 3.85. The molecule has 1 amide bonds. The number of hydrogen-bond donors (Lipinski definition) is 1. The molecule has 0 saturated carbocycles. The molecule has 2 fully saturated rings. The zero-order chi connectivity index (χ0) is 14.9. The second-order valence-electron chi connectivity index (χ2n) is 6.45. The smallest absolute Gasteiger partial charge is 0.225 e. The Morgan fingerprint density at radius 2 is 2.00 bits per heavy atom. The summed E-state index contributed by atoms with van der Waals surface area (Å²) < 4.78 is 5.37. The molecule has 116 valence electrons. The van der Waals surface area contributed by atoms with Gasteiger partial charge in [0.1, 0.15) is 0 Å². The highest BCUT2D eigenvalue weighted by molar-refractivity contribution is 5.84. The first-order valence-corrected chi connectivity index (χ1v) is 8.25. The molecule has 3 heterocycles. The number of para-hydroxylation sites is 1. The minimum absolute atomic E-state index is 0.176. The first-order valence-electron chi connectivity index (χ1n) is 8.25. The number of ether oxygens (including phenoxy) is 1. The summed E-state index contributed by atoms with van der Waals surface area (Å²) in [6.07, 6.45) is 4.95. The molecule has 1 aromatic carbocycles. The number of nitrogens with one attached hydrogen (secondary N) is 1. The number of rotatable bonds is 2. The van der Waals surface area contributed by atoms with E-state index >= 15 is 0 Å². The van der Waals surface area contributed by atoms with Gasteiger partial charge in [-0.3, -0.25) is 4.79 Å². The molecule has 4 heteroatoms. The highest BCUT2D eigenvalue weighted by Crippen LogP contribution is 2.33. The van der Waals surface area contributed by atoms with E-state index in [0.29, 0.717) is 11.8 Å². The predicted molar refractivity (Wildman–Crippen MR) is 85.8 cm³/mol. The van der Waals surface area contributed by atoms with Crippen LogP contribution in [0.4, 0.5) is 0 Å². The van der Waals surface area contributed by atoms with Gasteiger partial charge in [0, 0.05) is 55.2 Å². The Labute approximate surface area is 130 Å². The molecule has 2 saturated heterocycles. The van der Waals surface area contributed by atoms with E-state index in [9.17, 15) is 4.79 Å². The molecule has 0 spiro atoms. The molecule has 0 radical (unpaired) electrons. The van der Waals surface area contributed by atoms with Gasteiger partial charge in [-0.25, -0.2) is 0 Å². The maximum atomic E-state index is 12.6.